The molecule has 2 aliphatic rings. The summed E-state index contributed by atoms with van der Waals surface area (Å²) in [4.78, 5) is 28.4. The Morgan fingerprint density at radius 1 is 0.765 bits per heavy atom. The van der Waals surface area contributed by atoms with Crippen molar-refractivity contribution in [3.8, 4) is 0 Å². The Morgan fingerprint density at radius 2 is 1.41 bits per heavy atom. The van der Waals surface area contributed by atoms with Gasteiger partial charge >= 0.3 is 0 Å². The number of carbonyl (C=O) groups excluding carboxylic acids is 2. The molecule has 0 bridgehead atoms. The molecule has 17 heavy (non-hydrogen) atoms. The Hall–Kier alpha value is -1.24. The van der Waals surface area contributed by atoms with Crippen LogP contribution in [0.1, 0.15) is 44.9 Å². The molecule has 0 N–H and O–H groups in total. The van der Waals surface area contributed by atoms with Gasteiger partial charge in [-0.2, -0.15) is 0 Å². The molecule has 2 rings (SSSR count). The lowest BCUT2D eigenvalue weighted by Gasteiger charge is -2.33. The van der Waals surface area contributed by atoms with Gasteiger partial charge in [-0.05, 0) is 43.9 Å². The highest BCUT2D eigenvalue weighted by Gasteiger charge is 2.33. The zero-order chi connectivity index (χ0) is 12.1. The molecule has 0 saturated heterocycles. The smallest absolute Gasteiger partial charge is 0.211 e. The van der Waals surface area contributed by atoms with Crippen molar-refractivity contribution < 1.29 is 9.59 Å². The first-order valence-corrected chi connectivity index (χ1v) is 6.47. The van der Waals surface area contributed by atoms with Crippen molar-refractivity contribution in [3.05, 3.63) is 0 Å². The average Bonchev–Trinajstić information content (AvgIpc) is 2.51. The van der Waals surface area contributed by atoms with E-state index in [2.05, 4.69) is 9.98 Å². The van der Waals surface area contributed by atoms with Crippen LogP contribution in [0.2, 0.25) is 0 Å². The number of isocyanates is 2. The summed E-state index contributed by atoms with van der Waals surface area (Å²) >= 11 is 0. The van der Waals surface area contributed by atoms with Crippen molar-refractivity contribution in [1.82, 2.24) is 0 Å². The Kier molecular flexibility index (Phi) is 4.24. The van der Waals surface area contributed by atoms with E-state index in [9.17, 15) is 9.59 Å². The highest BCUT2D eigenvalue weighted by molar-refractivity contribution is 5.34. The van der Waals surface area contributed by atoms with Gasteiger partial charge in [-0.3, -0.25) is 0 Å². The van der Waals surface area contributed by atoms with E-state index in [-0.39, 0.29) is 12.1 Å². The molecular formula is C13H18N2O2. The van der Waals surface area contributed by atoms with Gasteiger partial charge in [0, 0.05) is 0 Å². The molecular weight excluding hydrogens is 216 g/mol. The first kappa shape index (κ1) is 12.2. The fraction of sp³-hybridized carbons (Fsp3) is 0.846. The summed E-state index contributed by atoms with van der Waals surface area (Å²) in [6, 6.07) is 0.286. The topological polar surface area (TPSA) is 58.9 Å². The number of aliphatic imine (C=N–C) groups is 2. The standard InChI is InChI=1S/C13H18N2O2/c16-8-14-12-3-1-2-10-4-5-13(15-9-17)7-11(10)6-12/h10-13H,1-7H2. The van der Waals surface area contributed by atoms with Gasteiger partial charge in [-0.1, -0.05) is 12.8 Å². The van der Waals surface area contributed by atoms with Crippen LogP contribution in [0, 0.1) is 11.8 Å². The Bertz CT molecular complexity index is 356. The average molecular weight is 234 g/mol. The molecule has 0 aromatic heterocycles. The van der Waals surface area contributed by atoms with E-state index in [1.165, 1.54) is 6.42 Å². The lowest BCUT2D eigenvalue weighted by Crippen LogP contribution is -2.27. The predicted octanol–water partition coefficient (Wildman–Crippen LogP) is 2.39. The molecule has 0 amide bonds. The summed E-state index contributed by atoms with van der Waals surface area (Å²) in [5.74, 6) is 1.30. The van der Waals surface area contributed by atoms with Crippen LogP contribution in [0.4, 0.5) is 0 Å². The second-order valence-electron chi connectivity index (χ2n) is 5.25. The molecule has 4 nitrogen and oxygen atoms in total. The Balaban J connectivity index is 2.03. The highest BCUT2D eigenvalue weighted by atomic mass is 16.1. The molecule has 0 aliphatic heterocycles. The Morgan fingerprint density at radius 3 is 2.06 bits per heavy atom. The zero-order valence-corrected chi connectivity index (χ0v) is 9.97. The largest absolute Gasteiger partial charge is 0.235 e. The molecule has 4 unspecified atom stereocenters. The molecule has 2 saturated carbocycles. The maximum absolute atomic E-state index is 10.4. The minimum atomic E-state index is 0.140. The summed E-state index contributed by atoms with van der Waals surface area (Å²) in [5.41, 5.74) is 0. The molecule has 0 radical (unpaired) electrons. The third kappa shape index (κ3) is 3.12. The number of hydrogen-bond acceptors (Lipinski definition) is 4. The van der Waals surface area contributed by atoms with Crippen molar-refractivity contribution in [2.75, 3.05) is 0 Å². The second kappa shape index (κ2) is 5.90. The molecule has 4 atom stereocenters. The van der Waals surface area contributed by atoms with Crippen LogP contribution in [0.5, 0.6) is 0 Å². The number of rotatable bonds is 2. The van der Waals surface area contributed by atoms with Gasteiger partial charge < -0.3 is 0 Å². The normalized spacial score (nSPS) is 36.9. The second-order valence-corrected chi connectivity index (χ2v) is 5.25. The third-order valence-corrected chi connectivity index (χ3v) is 4.27. The minimum Gasteiger partial charge on any atom is -0.211 e. The van der Waals surface area contributed by atoms with Crippen LogP contribution >= 0.6 is 0 Å². The first-order chi connectivity index (χ1) is 8.33. The maximum atomic E-state index is 10.4. The van der Waals surface area contributed by atoms with Gasteiger partial charge in [0.15, 0.2) is 0 Å². The summed E-state index contributed by atoms with van der Waals surface area (Å²) in [5, 5.41) is 0. The van der Waals surface area contributed by atoms with E-state index in [1.807, 2.05) is 0 Å². The van der Waals surface area contributed by atoms with Crippen molar-refractivity contribution in [2.24, 2.45) is 21.8 Å². The van der Waals surface area contributed by atoms with Crippen LogP contribution in [-0.2, 0) is 9.59 Å². The fourth-order valence-corrected chi connectivity index (χ4v) is 3.44. The minimum absolute atomic E-state index is 0.140. The number of hydrogen-bond donors (Lipinski definition) is 0. The van der Waals surface area contributed by atoms with Crippen molar-refractivity contribution in [2.45, 2.75) is 57.0 Å². The number of fused-ring (bicyclic) bond motifs is 1. The summed E-state index contributed by atoms with van der Waals surface area (Å²) in [7, 11) is 0. The summed E-state index contributed by atoms with van der Waals surface area (Å²) in [6.45, 7) is 0. The van der Waals surface area contributed by atoms with Crippen LogP contribution in [0.25, 0.3) is 0 Å². The summed E-state index contributed by atoms with van der Waals surface area (Å²) in [6.07, 6.45) is 10.8. The van der Waals surface area contributed by atoms with Gasteiger partial charge in [0.25, 0.3) is 0 Å². The third-order valence-electron chi connectivity index (χ3n) is 4.27. The van der Waals surface area contributed by atoms with Crippen molar-refractivity contribution in [3.63, 3.8) is 0 Å². The first-order valence-electron chi connectivity index (χ1n) is 6.47. The molecule has 4 heteroatoms. The molecule has 2 aliphatic carbocycles. The van der Waals surface area contributed by atoms with E-state index >= 15 is 0 Å². The van der Waals surface area contributed by atoms with E-state index in [0.29, 0.717) is 5.92 Å². The van der Waals surface area contributed by atoms with E-state index < -0.39 is 0 Å². The van der Waals surface area contributed by atoms with Crippen molar-refractivity contribution in [1.29, 1.82) is 0 Å². The quantitative estimate of drug-likeness (QED) is 0.544. The molecule has 0 aromatic carbocycles. The summed E-state index contributed by atoms with van der Waals surface area (Å²) < 4.78 is 0. The lowest BCUT2D eigenvalue weighted by atomic mass is 9.74. The van der Waals surface area contributed by atoms with Crippen LogP contribution in [0.3, 0.4) is 0 Å². The number of nitrogens with zero attached hydrogens (tertiary/aromatic N) is 2. The van der Waals surface area contributed by atoms with E-state index in [0.717, 1.165) is 44.4 Å². The zero-order valence-electron chi connectivity index (χ0n) is 9.97. The molecule has 0 spiro atoms. The Labute approximate surface area is 101 Å². The van der Waals surface area contributed by atoms with E-state index in [1.54, 1.807) is 12.2 Å². The van der Waals surface area contributed by atoms with Gasteiger partial charge in [-0.15, -0.1) is 0 Å². The predicted molar refractivity (Wildman–Crippen MR) is 63.1 cm³/mol. The van der Waals surface area contributed by atoms with Gasteiger partial charge in [0.2, 0.25) is 12.2 Å². The SMILES string of the molecule is O=C=NC1CCCC2CCC(N=C=O)CC2C1. The van der Waals surface area contributed by atoms with Crippen LogP contribution < -0.4 is 0 Å². The fourth-order valence-electron chi connectivity index (χ4n) is 3.44. The molecule has 92 valence electrons. The monoisotopic (exact) mass is 234 g/mol. The van der Waals surface area contributed by atoms with Crippen LogP contribution in [0.15, 0.2) is 9.98 Å². The van der Waals surface area contributed by atoms with Gasteiger partial charge in [0.05, 0.1) is 12.1 Å². The lowest BCUT2D eigenvalue weighted by molar-refractivity contribution is 0.201. The van der Waals surface area contributed by atoms with Gasteiger partial charge in [0.1, 0.15) is 0 Å². The van der Waals surface area contributed by atoms with Crippen LogP contribution in [-0.4, -0.2) is 24.2 Å². The maximum Gasteiger partial charge on any atom is 0.235 e. The highest BCUT2D eigenvalue weighted by Crippen LogP contribution is 2.40. The molecule has 0 aromatic rings. The van der Waals surface area contributed by atoms with Crippen molar-refractivity contribution >= 4 is 12.2 Å². The van der Waals surface area contributed by atoms with Gasteiger partial charge in [-0.25, -0.2) is 19.6 Å². The molecule has 2 fully saturated rings. The van der Waals surface area contributed by atoms with E-state index in [4.69, 9.17) is 0 Å². The molecule has 0 heterocycles.